The summed E-state index contributed by atoms with van der Waals surface area (Å²) >= 11 is 0. The molecule has 1 N–H and O–H groups in total. The number of rotatable bonds is 4. The quantitative estimate of drug-likeness (QED) is 0.919. The van der Waals surface area contributed by atoms with Crippen LogP contribution < -0.4 is 5.32 Å². The highest BCUT2D eigenvalue weighted by Gasteiger charge is 2.47. The summed E-state index contributed by atoms with van der Waals surface area (Å²) in [5.41, 5.74) is 1.20. The molecule has 0 radical (unpaired) electrons. The van der Waals surface area contributed by atoms with Crippen LogP contribution in [0.25, 0.3) is 0 Å². The second-order valence-electron chi connectivity index (χ2n) is 5.86. The lowest BCUT2D eigenvalue weighted by Crippen LogP contribution is -2.68. The van der Waals surface area contributed by atoms with Crippen molar-refractivity contribution in [3.8, 4) is 0 Å². The van der Waals surface area contributed by atoms with Crippen molar-refractivity contribution in [1.29, 1.82) is 0 Å². The van der Waals surface area contributed by atoms with Crippen molar-refractivity contribution >= 4 is 11.8 Å². The Morgan fingerprint density at radius 2 is 2.05 bits per heavy atom. The Kier molecular flexibility index (Phi) is 4.30. The van der Waals surface area contributed by atoms with E-state index in [1.54, 1.807) is 17.3 Å². The van der Waals surface area contributed by atoms with E-state index in [1.807, 2.05) is 33.8 Å². The maximum absolute atomic E-state index is 12.7. The largest absolute Gasteiger partial charge is 0.342 e. The van der Waals surface area contributed by atoms with Gasteiger partial charge < -0.3 is 10.2 Å². The van der Waals surface area contributed by atoms with Crippen LogP contribution >= 0.6 is 0 Å². The molecule has 0 spiro atoms. The highest BCUT2D eigenvalue weighted by atomic mass is 16.2. The number of nitrogens with one attached hydrogen (secondary N) is 1. The fourth-order valence-electron chi connectivity index (χ4n) is 2.70. The number of nitrogens with zero attached hydrogens (tertiary/aromatic N) is 2. The third-order valence-electron chi connectivity index (χ3n) is 4.32. The van der Waals surface area contributed by atoms with Gasteiger partial charge in [-0.15, -0.1) is 0 Å². The summed E-state index contributed by atoms with van der Waals surface area (Å²) in [6, 6.07) is 1.58. The van der Waals surface area contributed by atoms with Gasteiger partial charge in [0.1, 0.15) is 11.6 Å². The normalized spacial score (nSPS) is 25.9. The Bertz CT molecular complexity index is 558. The fraction of sp³-hybridized carbons (Fsp3) is 0.562. The van der Waals surface area contributed by atoms with Gasteiger partial charge in [-0.05, 0) is 37.8 Å². The van der Waals surface area contributed by atoms with Gasteiger partial charge in [0.15, 0.2) is 0 Å². The molecule has 1 aliphatic rings. The molecule has 1 aromatic rings. The highest BCUT2D eigenvalue weighted by Crippen LogP contribution is 2.27. The minimum Gasteiger partial charge on any atom is -0.342 e. The number of hydrogen-bond donors (Lipinski definition) is 1. The third-order valence-corrected chi connectivity index (χ3v) is 4.32. The van der Waals surface area contributed by atoms with Gasteiger partial charge in [0.05, 0.1) is 0 Å². The molecule has 0 saturated carbocycles. The number of aryl methyl sites for hydroxylation is 1. The van der Waals surface area contributed by atoms with Crippen molar-refractivity contribution in [2.24, 2.45) is 0 Å². The average molecular weight is 289 g/mol. The molecule has 0 bridgehead atoms. The Morgan fingerprint density at radius 3 is 2.62 bits per heavy atom. The highest BCUT2D eigenvalue weighted by molar-refractivity contribution is 5.99. The number of carbonyl (C=O) groups excluding carboxylic acids is 2. The van der Waals surface area contributed by atoms with Gasteiger partial charge in [-0.2, -0.15) is 0 Å². The number of aromatic nitrogens is 1. The molecule has 1 aliphatic heterocycles. The van der Waals surface area contributed by atoms with E-state index < -0.39 is 11.6 Å². The van der Waals surface area contributed by atoms with Gasteiger partial charge in [0.2, 0.25) is 11.8 Å². The van der Waals surface area contributed by atoms with Crippen molar-refractivity contribution in [2.45, 2.75) is 58.7 Å². The van der Waals surface area contributed by atoms with E-state index in [-0.39, 0.29) is 11.8 Å². The van der Waals surface area contributed by atoms with Gasteiger partial charge in [0, 0.05) is 18.9 Å². The van der Waals surface area contributed by atoms with Crippen molar-refractivity contribution in [2.75, 3.05) is 0 Å². The van der Waals surface area contributed by atoms with Crippen molar-refractivity contribution in [3.05, 3.63) is 29.6 Å². The van der Waals surface area contributed by atoms with Gasteiger partial charge in [-0.1, -0.05) is 19.9 Å². The smallest absolute Gasteiger partial charge is 0.246 e. The zero-order valence-corrected chi connectivity index (χ0v) is 13.1. The molecule has 2 atom stereocenters. The van der Waals surface area contributed by atoms with E-state index in [0.29, 0.717) is 19.4 Å². The second-order valence-corrected chi connectivity index (χ2v) is 5.86. The number of amides is 2. The first-order valence-electron chi connectivity index (χ1n) is 7.45. The van der Waals surface area contributed by atoms with E-state index in [4.69, 9.17) is 0 Å². The van der Waals surface area contributed by atoms with Crippen LogP contribution in [0.3, 0.4) is 0 Å². The van der Waals surface area contributed by atoms with Gasteiger partial charge in [0.25, 0.3) is 0 Å². The minimum atomic E-state index is -0.799. The SMILES string of the molecule is CCC1NC(=O)C(C)(CC)N(Cc2cncc(C)c2)C1=O. The number of pyridine rings is 1. The van der Waals surface area contributed by atoms with E-state index >= 15 is 0 Å². The molecule has 21 heavy (non-hydrogen) atoms. The van der Waals surface area contributed by atoms with Crippen LogP contribution in [0.5, 0.6) is 0 Å². The molecule has 0 aromatic carbocycles. The Morgan fingerprint density at radius 1 is 1.33 bits per heavy atom. The maximum Gasteiger partial charge on any atom is 0.246 e. The molecule has 2 unspecified atom stereocenters. The van der Waals surface area contributed by atoms with E-state index in [2.05, 4.69) is 10.3 Å². The molecule has 114 valence electrons. The summed E-state index contributed by atoms with van der Waals surface area (Å²) in [7, 11) is 0. The molecule has 5 nitrogen and oxygen atoms in total. The van der Waals surface area contributed by atoms with Crippen LogP contribution in [0.15, 0.2) is 18.5 Å². The summed E-state index contributed by atoms with van der Waals surface area (Å²) in [6.07, 6.45) is 4.72. The molecule has 2 heterocycles. The molecular weight excluding hydrogens is 266 g/mol. The Labute approximate surface area is 125 Å². The van der Waals surface area contributed by atoms with E-state index in [9.17, 15) is 9.59 Å². The first kappa shape index (κ1) is 15.5. The van der Waals surface area contributed by atoms with Gasteiger partial charge in [-0.3, -0.25) is 14.6 Å². The van der Waals surface area contributed by atoms with Gasteiger partial charge >= 0.3 is 0 Å². The van der Waals surface area contributed by atoms with Crippen molar-refractivity contribution < 1.29 is 9.59 Å². The van der Waals surface area contributed by atoms with Crippen LogP contribution in [0.1, 0.15) is 44.7 Å². The summed E-state index contributed by atoms with van der Waals surface area (Å²) in [5, 5.41) is 2.84. The molecule has 1 aromatic heterocycles. The minimum absolute atomic E-state index is 0.0112. The van der Waals surface area contributed by atoms with E-state index in [0.717, 1.165) is 11.1 Å². The lowest BCUT2D eigenvalue weighted by Gasteiger charge is -2.45. The zero-order chi connectivity index (χ0) is 15.6. The van der Waals surface area contributed by atoms with Gasteiger partial charge in [-0.25, -0.2) is 0 Å². The monoisotopic (exact) mass is 289 g/mol. The van der Waals surface area contributed by atoms with Crippen LogP contribution in [-0.2, 0) is 16.1 Å². The summed E-state index contributed by atoms with van der Waals surface area (Å²) in [5.74, 6) is -0.0833. The van der Waals surface area contributed by atoms with Crippen molar-refractivity contribution in [3.63, 3.8) is 0 Å². The molecule has 5 heteroatoms. The number of hydrogen-bond acceptors (Lipinski definition) is 3. The first-order chi connectivity index (χ1) is 9.92. The third kappa shape index (κ3) is 2.77. The molecule has 2 rings (SSSR count). The van der Waals surface area contributed by atoms with Crippen LogP contribution in [0, 0.1) is 6.92 Å². The number of piperazine rings is 1. The predicted molar refractivity (Wildman–Crippen MR) is 80.4 cm³/mol. The Hall–Kier alpha value is -1.91. The molecule has 2 amide bonds. The van der Waals surface area contributed by atoms with E-state index in [1.165, 1.54) is 0 Å². The zero-order valence-electron chi connectivity index (χ0n) is 13.1. The Balaban J connectivity index is 2.35. The number of carbonyl (C=O) groups is 2. The predicted octanol–water partition coefficient (Wildman–Crippen LogP) is 1.80. The molecule has 1 fully saturated rings. The second kappa shape index (κ2) is 5.84. The average Bonchev–Trinajstić information content (AvgIpc) is 2.47. The lowest BCUT2D eigenvalue weighted by atomic mass is 9.89. The first-order valence-corrected chi connectivity index (χ1v) is 7.45. The topological polar surface area (TPSA) is 62.3 Å². The standard InChI is InChI=1S/C16H23N3O2/c1-5-13-14(20)19(16(4,6-2)15(21)18-13)10-12-7-11(3)8-17-9-12/h7-9,13H,5-6,10H2,1-4H3,(H,18,21). The maximum atomic E-state index is 12.7. The summed E-state index contributed by atoms with van der Waals surface area (Å²) in [6.45, 7) is 8.05. The molecular formula is C16H23N3O2. The molecule has 1 saturated heterocycles. The summed E-state index contributed by atoms with van der Waals surface area (Å²) in [4.78, 5) is 30.9. The lowest BCUT2D eigenvalue weighted by molar-refractivity contribution is -0.157. The van der Waals surface area contributed by atoms with Crippen LogP contribution in [0.4, 0.5) is 0 Å². The molecule has 0 aliphatic carbocycles. The van der Waals surface area contributed by atoms with Crippen LogP contribution in [0.2, 0.25) is 0 Å². The summed E-state index contributed by atoms with van der Waals surface area (Å²) < 4.78 is 0. The fourth-order valence-corrected chi connectivity index (χ4v) is 2.70. The van der Waals surface area contributed by atoms with Crippen molar-refractivity contribution in [1.82, 2.24) is 15.2 Å². The van der Waals surface area contributed by atoms with Crippen LogP contribution in [-0.4, -0.2) is 33.3 Å².